The second-order valence-corrected chi connectivity index (χ2v) is 9.20. The summed E-state index contributed by atoms with van der Waals surface area (Å²) in [6, 6.07) is 17.3. The number of likely N-dealkylation sites (tertiary alicyclic amines) is 1. The van der Waals surface area contributed by atoms with Crippen LogP contribution in [0.25, 0.3) is 0 Å². The lowest BCUT2D eigenvalue weighted by Gasteiger charge is -2.37. The van der Waals surface area contributed by atoms with Crippen molar-refractivity contribution < 1.29 is 14.3 Å². The molecular formula is C27H31N3O3. The maximum absolute atomic E-state index is 12.9. The van der Waals surface area contributed by atoms with E-state index in [1.807, 2.05) is 0 Å². The van der Waals surface area contributed by atoms with Gasteiger partial charge in [0.25, 0.3) is 5.91 Å². The Labute approximate surface area is 195 Å². The van der Waals surface area contributed by atoms with Crippen LogP contribution in [0.5, 0.6) is 0 Å². The summed E-state index contributed by atoms with van der Waals surface area (Å²) in [5, 5.41) is 9.26. The van der Waals surface area contributed by atoms with Crippen molar-refractivity contribution in [3.63, 3.8) is 0 Å². The molecule has 2 saturated heterocycles. The van der Waals surface area contributed by atoms with E-state index in [-0.39, 0.29) is 29.8 Å². The van der Waals surface area contributed by atoms with Crippen LogP contribution in [0.2, 0.25) is 0 Å². The number of anilines is 1. The average Bonchev–Trinajstić information content (AvgIpc) is 2.83. The molecule has 0 saturated carbocycles. The number of rotatable bonds is 5. The minimum atomic E-state index is -0.125. The Bertz CT molecular complexity index is 1030. The van der Waals surface area contributed by atoms with E-state index in [1.165, 1.54) is 0 Å². The zero-order valence-corrected chi connectivity index (χ0v) is 19.4. The number of morpholine rings is 1. The third-order valence-electron chi connectivity index (χ3n) is 6.61. The molecule has 2 aliphatic rings. The lowest BCUT2D eigenvalue weighted by Crippen LogP contribution is -2.45. The maximum Gasteiger partial charge on any atom is 0.255 e. The number of hydrogen-bond donors (Lipinski definition) is 0. The van der Waals surface area contributed by atoms with Crippen LogP contribution in [0.3, 0.4) is 0 Å². The number of amides is 1. The normalized spacial score (nSPS) is 21.5. The van der Waals surface area contributed by atoms with E-state index in [0.29, 0.717) is 43.5 Å². The molecule has 4 rings (SSSR count). The van der Waals surface area contributed by atoms with Crippen molar-refractivity contribution in [2.75, 3.05) is 31.1 Å². The van der Waals surface area contributed by atoms with Crippen LogP contribution < -0.4 is 4.90 Å². The molecule has 0 aliphatic carbocycles. The fourth-order valence-corrected chi connectivity index (χ4v) is 4.90. The number of benzene rings is 2. The fraction of sp³-hybridized carbons (Fsp3) is 0.444. The summed E-state index contributed by atoms with van der Waals surface area (Å²) in [6.45, 7) is 7.02. The quantitative estimate of drug-likeness (QED) is 0.699. The van der Waals surface area contributed by atoms with Gasteiger partial charge in [-0.2, -0.15) is 5.26 Å². The standard InChI is InChI=1S/C27H31N3O3/c1-19-17-30(18-20(2)33-19)24-9-7-21(8-10-24)15-26(31)22-11-13-29(14-12-22)27(32)25-6-4-3-5-23(25)16-28/h3-10,19-20,22H,11-15,17-18H2,1-2H3/t19-,20+. The third-order valence-corrected chi connectivity index (χ3v) is 6.61. The predicted octanol–water partition coefficient (Wildman–Crippen LogP) is 3.84. The van der Waals surface area contributed by atoms with Crippen molar-refractivity contribution in [3.05, 3.63) is 65.2 Å². The second-order valence-electron chi connectivity index (χ2n) is 9.20. The molecule has 2 fully saturated rings. The number of piperidine rings is 1. The van der Waals surface area contributed by atoms with Gasteiger partial charge in [0.1, 0.15) is 5.78 Å². The van der Waals surface area contributed by atoms with Gasteiger partial charge in [0.05, 0.1) is 29.4 Å². The highest BCUT2D eigenvalue weighted by Crippen LogP contribution is 2.24. The number of carbonyl (C=O) groups excluding carboxylic acids is 2. The molecule has 0 unspecified atom stereocenters. The predicted molar refractivity (Wildman–Crippen MR) is 127 cm³/mol. The van der Waals surface area contributed by atoms with Crippen molar-refractivity contribution in [1.82, 2.24) is 4.90 Å². The molecule has 2 atom stereocenters. The molecule has 2 aromatic rings. The molecule has 1 amide bonds. The number of nitrogens with zero attached hydrogens (tertiary/aromatic N) is 3. The highest BCUT2D eigenvalue weighted by atomic mass is 16.5. The smallest absolute Gasteiger partial charge is 0.255 e. The van der Waals surface area contributed by atoms with E-state index in [1.54, 1.807) is 29.2 Å². The van der Waals surface area contributed by atoms with Gasteiger partial charge >= 0.3 is 0 Å². The summed E-state index contributed by atoms with van der Waals surface area (Å²) >= 11 is 0. The molecule has 6 nitrogen and oxygen atoms in total. The highest BCUT2D eigenvalue weighted by Gasteiger charge is 2.28. The first-order valence-electron chi connectivity index (χ1n) is 11.7. The highest BCUT2D eigenvalue weighted by molar-refractivity contribution is 5.96. The van der Waals surface area contributed by atoms with Crippen LogP contribution in [0.1, 0.15) is 48.2 Å². The van der Waals surface area contributed by atoms with Gasteiger partial charge in [0.2, 0.25) is 0 Å². The number of carbonyl (C=O) groups is 2. The molecule has 2 heterocycles. The number of hydrogen-bond acceptors (Lipinski definition) is 5. The van der Waals surface area contributed by atoms with Crippen LogP contribution in [-0.2, 0) is 16.0 Å². The van der Waals surface area contributed by atoms with Gasteiger partial charge in [-0.1, -0.05) is 24.3 Å². The summed E-state index contributed by atoms with van der Waals surface area (Å²) in [6.07, 6.45) is 2.18. The topological polar surface area (TPSA) is 73.6 Å². The first kappa shape index (κ1) is 23.0. The molecule has 0 radical (unpaired) electrons. The summed E-state index contributed by atoms with van der Waals surface area (Å²) in [5.41, 5.74) is 3.02. The van der Waals surface area contributed by atoms with E-state index < -0.39 is 0 Å². The number of nitriles is 1. The van der Waals surface area contributed by atoms with E-state index in [2.05, 4.69) is 49.1 Å². The van der Waals surface area contributed by atoms with Crippen LogP contribution in [0.4, 0.5) is 5.69 Å². The summed E-state index contributed by atoms with van der Waals surface area (Å²) in [7, 11) is 0. The minimum Gasteiger partial charge on any atom is -0.372 e. The zero-order valence-electron chi connectivity index (χ0n) is 19.4. The van der Waals surface area contributed by atoms with Crippen LogP contribution >= 0.6 is 0 Å². The number of Topliss-reactive ketones (excluding diaryl/α,β-unsaturated/α-hetero) is 1. The SMILES string of the molecule is C[C@@H]1CN(c2ccc(CC(=O)C3CCN(C(=O)c4ccccc4C#N)CC3)cc2)C[C@H](C)O1. The van der Waals surface area contributed by atoms with E-state index in [0.717, 1.165) is 24.3 Å². The average molecular weight is 446 g/mol. The van der Waals surface area contributed by atoms with Crippen LogP contribution in [0, 0.1) is 17.2 Å². The monoisotopic (exact) mass is 445 g/mol. The van der Waals surface area contributed by atoms with E-state index >= 15 is 0 Å². The summed E-state index contributed by atoms with van der Waals surface area (Å²) < 4.78 is 5.82. The second kappa shape index (κ2) is 10.2. The fourth-order valence-electron chi connectivity index (χ4n) is 4.90. The van der Waals surface area contributed by atoms with Crippen molar-refractivity contribution in [2.24, 2.45) is 5.92 Å². The van der Waals surface area contributed by atoms with Gasteiger partial charge in [0.15, 0.2) is 0 Å². The molecule has 172 valence electrons. The minimum absolute atomic E-state index is 0.0270. The van der Waals surface area contributed by atoms with Gasteiger partial charge in [-0.05, 0) is 56.5 Å². The molecule has 0 aromatic heterocycles. The van der Waals surface area contributed by atoms with Crippen molar-refractivity contribution in [2.45, 2.75) is 45.3 Å². The van der Waals surface area contributed by atoms with Crippen LogP contribution in [-0.4, -0.2) is 55.0 Å². The Morgan fingerprint density at radius 1 is 1.00 bits per heavy atom. The Hall–Kier alpha value is -3.17. The van der Waals surface area contributed by atoms with Crippen molar-refractivity contribution >= 4 is 17.4 Å². The van der Waals surface area contributed by atoms with Crippen molar-refractivity contribution in [3.8, 4) is 6.07 Å². The molecule has 0 spiro atoms. The summed E-state index contributed by atoms with van der Waals surface area (Å²) in [5.74, 6) is 0.0853. The zero-order chi connectivity index (χ0) is 23.4. The lowest BCUT2D eigenvalue weighted by molar-refractivity contribution is -0.123. The first-order valence-corrected chi connectivity index (χ1v) is 11.7. The van der Waals surface area contributed by atoms with Gasteiger partial charge < -0.3 is 14.5 Å². The molecule has 0 N–H and O–H groups in total. The van der Waals surface area contributed by atoms with Crippen molar-refractivity contribution in [1.29, 1.82) is 5.26 Å². The molecule has 6 heteroatoms. The number of ether oxygens (including phenoxy) is 1. The molecule has 2 aliphatic heterocycles. The van der Waals surface area contributed by atoms with Gasteiger partial charge in [-0.25, -0.2) is 0 Å². The largest absolute Gasteiger partial charge is 0.372 e. The van der Waals surface area contributed by atoms with E-state index in [4.69, 9.17) is 4.74 Å². The van der Waals surface area contributed by atoms with Gasteiger partial charge in [-0.3, -0.25) is 9.59 Å². The van der Waals surface area contributed by atoms with Gasteiger partial charge in [0, 0.05) is 44.2 Å². The third kappa shape index (κ3) is 5.43. The summed E-state index contributed by atoms with van der Waals surface area (Å²) in [4.78, 5) is 29.8. The molecule has 2 aromatic carbocycles. The Kier molecular flexibility index (Phi) is 7.10. The maximum atomic E-state index is 12.9. The Morgan fingerprint density at radius 3 is 2.27 bits per heavy atom. The lowest BCUT2D eigenvalue weighted by atomic mass is 9.89. The van der Waals surface area contributed by atoms with E-state index in [9.17, 15) is 14.9 Å². The van der Waals surface area contributed by atoms with Crippen LogP contribution in [0.15, 0.2) is 48.5 Å². The Morgan fingerprint density at radius 2 is 1.64 bits per heavy atom. The molecule has 0 bridgehead atoms. The molecule has 33 heavy (non-hydrogen) atoms. The first-order chi connectivity index (χ1) is 15.9. The molecular weight excluding hydrogens is 414 g/mol. The Balaban J connectivity index is 1.30. The van der Waals surface area contributed by atoms with Gasteiger partial charge in [-0.15, -0.1) is 0 Å². The number of ketones is 1.